The average molecular weight is 234 g/mol. The van der Waals surface area contributed by atoms with E-state index >= 15 is 0 Å². The molecule has 0 aromatic carbocycles. The second kappa shape index (κ2) is 3.60. The molecule has 0 aromatic heterocycles. The van der Waals surface area contributed by atoms with Crippen LogP contribution in [0.2, 0.25) is 0 Å². The summed E-state index contributed by atoms with van der Waals surface area (Å²) in [7, 11) is 0. The maximum atomic E-state index is 11.8. The molecule has 0 bridgehead atoms. The summed E-state index contributed by atoms with van der Waals surface area (Å²) in [6, 6.07) is 0. The third-order valence-electron chi connectivity index (χ3n) is 5.49. The summed E-state index contributed by atoms with van der Waals surface area (Å²) in [6.07, 6.45) is 8.36. The van der Waals surface area contributed by atoms with Crippen molar-refractivity contribution in [3.05, 3.63) is 12.2 Å². The third kappa shape index (κ3) is 1.49. The predicted molar refractivity (Wildman–Crippen MR) is 66.3 cm³/mol. The minimum atomic E-state index is 0.0333. The van der Waals surface area contributed by atoms with Gasteiger partial charge in [0.25, 0.3) is 0 Å². The molecule has 0 radical (unpaired) electrons. The van der Waals surface area contributed by atoms with Crippen LogP contribution in [-0.2, 0) is 9.53 Å². The lowest BCUT2D eigenvalue weighted by molar-refractivity contribution is -0.150. The first-order valence-electron chi connectivity index (χ1n) is 6.90. The van der Waals surface area contributed by atoms with Gasteiger partial charge in [-0.1, -0.05) is 32.9 Å². The van der Waals surface area contributed by atoms with E-state index in [4.69, 9.17) is 4.74 Å². The molecular weight excluding hydrogens is 212 g/mol. The van der Waals surface area contributed by atoms with Crippen molar-refractivity contribution >= 4 is 5.97 Å². The lowest BCUT2D eigenvalue weighted by Crippen LogP contribution is -2.48. The van der Waals surface area contributed by atoms with Gasteiger partial charge in [-0.2, -0.15) is 0 Å². The van der Waals surface area contributed by atoms with Gasteiger partial charge < -0.3 is 4.74 Å². The Hall–Kier alpha value is -0.790. The van der Waals surface area contributed by atoms with Gasteiger partial charge in [-0.15, -0.1) is 0 Å². The van der Waals surface area contributed by atoms with Gasteiger partial charge in [-0.05, 0) is 30.6 Å². The Kier molecular flexibility index (Phi) is 2.39. The number of fused-ring (bicyclic) bond motifs is 3. The van der Waals surface area contributed by atoms with E-state index in [2.05, 4.69) is 26.0 Å². The standard InChI is InChI=1S/C15H22O2/c1-9-5-4-7-15(3)8-6-11-10(2)14(16)17-13(11)12(9)15/h4-5,9-13H,6-8H2,1-3H3/t9-,10+,11+,12?,13+,15-/m1/s1. The zero-order chi connectivity index (χ0) is 12.2. The molecule has 3 rings (SSSR count). The maximum Gasteiger partial charge on any atom is 0.309 e. The van der Waals surface area contributed by atoms with Crippen molar-refractivity contribution in [2.24, 2.45) is 29.1 Å². The van der Waals surface area contributed by atoms with Crippen LogP contribution in [0.15, 0.2) is 12.2 Å². The Bertz CT molecular complexity index is 373. The van der Waals surface area contributed by atoms with Crippen LogP contribution in [0.5, 0.6) is 0 Å². The van der Waals surface area contributed by atoms with Crippen LogP contribution in [0.1, 0.15) is 40.0 Å². The zero-order valence-corrected chi connectivity index (χ0v) is 11.0. The zero-order valence-electron chi connectivity index (χ0n) is 11.0. The lowest BCUT2D eigenvalue weighted by atomic mass is 9.55. The second-order valence-electron chi connectivity index (χ2n) is 6.56. The summed E-state index contributed by atoms with van der Waals surface area (Å²) in [4.78, 5) is 11.8. The fourth-order valence-corrected chi connectivity index (χ4v) is 4.45. The number of rotatable bonds is 0. The molecular formula is C15H22O2. The van der Waals surface area contributed by atoms with Gasteiger partial charge in [0.15, 0.2) is 0 Å². The molecule has 1 saturated heterocycles. The number of hydrogen-bond donors (Lipinski definition) is 0. The number of ether oxygens (including phenoxy) is 1. The van der Waals surface area contributed by atoms with Crippen LogP contribution in [-0.4, -0.2) is 12.1 Å². The van der Waals surface area contributed by atoms with E-state index in [0.717, 1.165) is 12.8 Å². The molecule has 94 valence electrons. The Morgan fingerprint density at radius 1 is 1.41 bits per heavy atom. The molecule has 1 saturated carbocycles. The topological polar surface area (TPSA) is 26.3 Å². The molecule has 1 unspecified atom stereocenters. The van der Waals surface area contributed by atoms with Gasteiger partial charge in [0, 0.05) is 11.8 Å². The van der Waals surface area contributed by atoms with Crippen LogP contribution in [0.4, 0.5) is 0 Å². The Labute approximate surface area is 103 Å². The SMILES string of the molecule is C[C@@H]1C=CC[C@]2(C)CC[C@H]3[C@H](C)C(=O)O[C@@H]3C12. The molecule has 0 amide bonds. The highest BCUT2D eigenvalue weighted by Crippen LogP contribution is 2.56. The molecule has 6 atom stereocenters. The van der Waals surface area contributed by atoms with E-state index in [-0.39, 0.29) is 18.0 Å². The van der Waals surface area contributed by atoms with E-state index in [9.17, 15) is 4.79 Å². The predicted octanol–water partition coefficient (Wildman–Crippen LogP) is 3.18. The summed E-state index contributed by atoms with van der Waals surface area (Å²) in [5.41, 5.74) is 0.347. The maximum absolute atomic E-state index is 11.8. The van der Waals surface area contributed by atoms with Crippen LogP contribution < -0.4 is 0 Å². The number of esters is 1. The average Bonchev–Trinajstić information content (AvgIpc) is 2.54. The number of carbonyl (C=O) groups is 1. The van der Waals surface area contributed by atoms with Crippen molar-refractivity contribution in [1.82, 2.24) is 0 Å². The van der Waals surface area contributed by atoms with E-state index in [0.29, 0.717) is 23.2 Å². The van der Waals surface area contributed by atoms with Crippen molar-refractivity contribution in [2.45, 2.75) is 46.1 Å². The Morgan fingerprint density at radius 3 is 2.94 bits per heavy atom. The highest BCUT2D eigenvalue weighted by molar-refractivity contribution is 5.75. The first-order chi connectivity index (χ1) is 8.03. The minimum Gasteiger partial charge on any atom is -0.461 e. The van der Waals surface area contributed by atoms with Crippen molar-refractivity contribution in [3.63, 3.8) is 0 Å². The number of allylic oxidation sites excluding steroid dienone is 2. The van der Waals surface area contributed by atoms with Gasteiger partial charge >= 0.3 is 5.97 Å². The first-order valence-corrected chi connectivity index (χ1v) is 6.90. The van der Waals surface area contributed by atoms with E-state index in [1.54, 1.807) is 0 Å². The molecule has 1 heterocycles. The fraction of sp³-hybridized carbons (Fsp3) is 0.800. The van der Waals surface area contributed by atoms with Crippen LogP contribution in [0.25, 0.3) is 0 Å². The highest BCUT2D eigenvalue weighted by Gasteiger charge is 2.56. The normalized spacial score (nSPS) is 52.9. The quantitative estimate of drug-likeness (QED) is 0.475. The van der Waals surface area contributed by atoms with Crippen LogP contribution >= 0.6 is 0 Å². The number of hydrogen-bond acceptors (Lipinski definition) is 2. The highest BCUT2D eigenvalue weighted by atomic mass is 16.6. The monoisotopic (exact) mass is 234 g/mol. The van der Waals surface area contributed by atoms with Crippen LogP contribution in [0, 0.1) is 29.1 Å². The molecule has 2 aliphatic carbocycles. The minimum absolute atomic E-state index is 0.0333. The van der Waals surface area contributed by atoms with Gasteiger partial charge in [0.1, 0.15) is 6.10 Å². The molecule has 2 nitrogen and oxygen atoms in total. The first kappa shape index (κ1) is 11.3. The molecule has 17 heavy (non-hydrogen) atoms. The molecule has 2 fully saturated rings. The Balaban J connectivity index is 1.96. The molecule has 0 spiro atoms. The van der Waals surface area contributed by atoms with Crippen molar-refractivity contribution in [3.8, 4) is 0 Å². The van der Waals surface area contributed by atoms with E-state index in [1.807, 2.05) is 6.92 Å². The smallest absolute Gasteiger partial charge is 0.309 e. The molecule has 0 aromatic rings. The van der Waals surface area contributed by atoms with Gasteiger partial charge in [-0.25, -0.2) is 0 Å². The van der Waals surface area contributed by atoms with Gasteiger partial charge in [-0.3, -0.25) is 4.79 Å². The third-order valence-corrected chi connectivity index (χ3v) is 5.49. The second-order valence-corrected chi connectivity index (χ2v) is 6.56. The lowest BCUT2D eigenvalue weighted by Gasteiger charge is -2.50. The molecule has 2 heteroatoms. The van der Waals surface area contributed by atoms with E-state index < -0.39 is 0 Å². The van der Waals surface area contributed by atoms with Crippen molar-refractivity contribution in [2.75, 3.05) is 0 Å². The van der Waals surface area contributed by atoms with Crippen molar-refractivity contribution in [1.29, 1.82) is 0 Å². The summed E-state index contributed by atoms with van der Waals surface area (Å²) in [5, 5.41) is 0. The Morgan fingerprint density at radius 2 is 2.18 bits per heavy atom. The van der Waals surface area contributed by atoms with Crippen molar-refractivity contribution < 1.29 is 9.53 Å². The molecule has 0 N–H and O–H groups in total. The summed E-state index contributed by atoms with van der Waals surface area (Å²) in [6.45, 7) is 6.70. The van der Waals surface area contributed by atoms with Gasteiger partial charge in [0.2, 0.25) is 0 Å². The summed E-state index contributed by atoms with van der Waals surface area (Å²) < 4.78 is 5.71. The van der Waals surface area contributed by atoms with E-state index in [1.165, 1.54) is 6.42 Å². The fourth-order valence-electron chi connectivity index (χ4n) is 4.45. The molecule has 3 aliphatic rings. The summed E-state index contributed by atoms with van der Waals surface area (Å²) >= 11 is 0. The van der Waals surface area contributed by atoms with Crippen LogP contribution in [0.3, 0.4) is 0 Å². The number of carbonyl (C=O) groups excluding carboxylic acids is 1. The molecule has 1 aliphatic heterocycles. The summed E-state index contributed by atoms with van der Waals surface area (Å²) in [5.74, 6) is 1.68. The van der Waals surface area contributed by atoms with Gasteiger partial charge in [0.05, 0.1) is 5.92 Å². The largest absolute Gasteiger partial charge is 0.461 e.